The monoisotopic (exact) mass is 206 g/mol. The molecule has 4 nitrogen and oxygen atoms in total. The highest BCUT2D eigenvalue weighted by Gasteiger charge is 1.94. The van der Waals surface area contributed by atoms with E-state index in [-0.39, 0.29) is 0 Å². The van der Waals surface area contributed by atoms with Gasteiger partial charge in [-0.05, 0) is 12.8 Å². The van der Waals surface area contributed by atoms with Crippen molar-refractivity contribution in [2.75, 3.05) is 53.9 Å². The first kappa shape index (κ1) is 13.8. The summed E-state index contributed by atoms with van der Waals surface area (Å²) in [6.07, 6.45) is 2.20. The average Bonchev–Trinajstić information content (AvgIpc) is 2.28. The smallest absolute Gasteiger partial charge is 0.0701 e. The predicted molar refractivity (Wildman–Crippen MR) is 54.6 cm³/mol. The zero-order valence-corrected chi connectivity index (χ0v) is 9.29. The maximum absolute atomic E-state index is 4.94. The van der Waals surface area contributed by atoms with Crippen molar-refractivity contribution in [3.8, 4) is 0 Å². The molecule has 0 saturated carbocycles. The molecule has 0 bridgehead atoms. The molecular weight excluding hydrogens is 184 g/mol. The van der Waals surface area contributed by atoms with Crippen LogP contribution >= 0.6 is 0 Å². The molecule has 1 fully saturated rings. The van der Waals surface area contributed by atoms with Gasteiger partial charge in [0.1, 0.15) is 0 Å². The van der Waals surface area contributed by atoms with Gasteiger partial charge in [-0.2, -0.15) is 0 Å². The van der Waals surface area contributed by atoms with E-state index in [2.05, 4.69) is 0 Å². The standard InChI is InChI=1S/C6H14O2.C4H8O2/c1-7-5-3-4-6-8-2;1-2-6-4-3-5-1/h3-6H2,1-2H3;1-4H2. The van der Waals surface area contributed by atoms with Crippen LogP contribution in [-0.4, -0.2) is 53.9 Å². The third-order valence-electron chi connectivity index (χ3n) is 1.69. The Labute approximate surface area is 86.5 Å². The molecular formula is C10H22O4. The van der Waals surface area contributed by atoms with Crippen molar-refractivity contribution in [1.29, 1.82) is 0 Å². The first-order valence-electron chi connectivity index (χ1n) is 5.05. The zero-order chi connectivity index (χ0) is 10.5. The molecule has 1 aliphatic heterocycles. The fourth-order valence-electron chi connectivity index (χ4n) is 0.933. The lowest BCUT2D eigenvalue weighted by molar-refractivity contribution is -0.0334. The molecule has 0 aliphatic carbocycles. The summed E-state index contributed by atoms with van der Waals surface area (Å²) in [5, 5.41) is 0. The maximum Gasteiger partial charge on any atom is 0.0701 e. The summed E-state index contributed by atoms with van der Waals surface area (Å²) in [7, 11) is 3.43. The summed E-state index contributed by atoms with van der Waals surface area (Å²) in [5.41, 5.74) is 0. The van der Waals surface area contributed by atoms with E-state index >= 15 is 0 Å². The summed E-state index contributed by atoms with van der Waals surface area (Å²) >= 11 is 0. The summed E-state index contributed by atoms with van der Waals surface area (Å²) in [4.78, 5) is 0. The molecule has 1 heterocycles. The highest BCUT2D eigenvalue weighted by molar-refractivity contribution is 4.37. The summed E-state index contributed by atoms with van der Waals surface area (Å²) < 4.78 is 19.6. The van der Waals surface area contributed by atoms with Gasteiger partial charge in [-0.3, -0.25) is 0 Å². The van der Waals surface area contributed by atoms with Crippen LogP contribution in [0, 0.1) is 0 Å². The highest BCUT2D eigenvalue weighted by atomic mass is 16.6. The molecule has 86 valence electrons. The number of unbranched alkanes of at least 4 members (excludes halogenated alkanes) is 1. The van der Waals surface area contributed by atoms with Gasteiger partial charge in [-0.15, -0.1) is 0 Å². The first-order chi connectivity index (χ1) is 6.91. The Morgan fingerprint density at radius 2 is 1.14 bits per heavy atom. The van der Waals surface area contributed by atoms with E-state index in [1.165, 1.54) is 0 Å². The van der Waals surface area contributed by atoms with E-state index in [1.54, 1.807) is 14.2 Å². The van der Waals surface area contributed by atoms with Gasteiger partial charge in [0.2, 0.25) is 0 Å². The van der Waals surface area contributed by atoms with Crippen LogP contribution in [0.4, 0.5) is 0 Å². The first-order valence-corrected chi connectivity index (χ1v) is 5.05. The Hall–Kier alpha value is -0.160. The molecule has 4 heteroatoms. The minimum Gasteiger partial charge on any atom is -0.385 e. The molecule has 1 rings (SSSR count). The van der Waals surface area contributed by atoms with E-state index in [4.69, 9.17) is 18.9 Å². The Morgan fingerprint density at radius 3 is 1.36 bits per heavy atom. The lowest BCUT2D eigenvalue weighted by atomic mass is 10.3. The third kappa shape index (κ3) is 11.8. The van der Waals surface area contributed by atoms with Gasteiger partial charge in [0.15, 0.2) is 0 Å². The van der Waals surface area contributed by atoms with Gasteiger partial charge in [-0.1, -0.05) is 0 Å². The molecule has 1 saturated heterocycles. The maximum atomic E-state index is 4.94. The van der Waals surface area contributed by atoms with E-state index in [1.807, 2.05) is 0 Å². The van der Waals surface area contributed by atoms with Crippen molar-refractivity contribution in [2.24, 2.45) is 0 Å². The number of hydrogen-bond acceptors (Lipinski definition) is 4. The normalized spacial score (nSPS) is 15.9. The molecule has 0 aromatic carbocycles. The summed E-state index contributed by atoms with van der Waals surface area (Å²) in [6, 6.07) is 0. The lowest BCUT2D eigenvalue weighted by Gasteiger charge is -2.09. The van der Waals surface area contributed by atoms with Crippen molar-refractivity contribution in [3.63, 3.8) is 0 Å². The molecule has 0 radical (unpaired) electrons. The van der Waals surface area contributed by atoms with Crippen LogP contribution in [0.3, 0.4) is 0 Å². The van der Waals surface area contributed by atoms with Crippen molar-refractivity contribution < 1.29 is 18.9 Å². The molecule has 0 unspecified atom stereocenters. The van der Waals surface area contributed by atoms with Crippen molar-refractivity contribution in [3.05, 3.63) is 0 Å². The van der Waals surface area contributed by atoms with Crippen LogP contribution in [-0.2, 0) is 18.9 Å². The van der Waals surface area contributed by atoms with Crippen LogP contribution in [0.5, 0.6) is 0 Å². The van der Waals surface area contributed by atoms with Gasteiger partial charge >= 0.3 is 0 Å². The van der Waals surface area contributed by atoms with E-state index in [0.29, 0.717) is 0 Å². The lowest BCUT2D eigenvalue weighted by Crippen LogP contribution is -2.16. The quantitative estimate of drug-likeness (QED) is 0.631. The molecule has 0 aromatic rings. The molecule has 0 spiro atoms. The SMILES string of the molecule is C1COCCO1.COCCCCOC. The van der Waals surface area contributed by atoms with Gasteiger partial charge in [0, 0.05) is 27.4 Å². The third-order valence-corrected chi connectivity index (χ3v) is 1.69. The second-order valence-electron chi connectivity index (χ2n) is 2.92. The highest BCUT2D eigenvalue weighted by Crippen LogP contribution is 1.87. The van der Waals surface area contributed by atoms with Crippen LogP contribution in [0.15, 0.2) is 0 Å². The fraction of sp³-hybridized carbons (Fsp3) is 1.00. The average molecular weight is 206 g/mol. The fourth-order valence-corrected chi connectivity index (χ4v) is 0.933. The number of ether oxygens (including phenoxy) is 4. The van der Waals surface area contributed by atoms with Crippen LogP contribution < -0.4 is 0 Å². The Kier molecular flexibility index (Phi) is 12.7. The number of methoxy groups -OCH3 is 2. The van der Waals surface area contributed by atoms with E-state index in [0.717, 1.165) is 52.5 Å². The molecule has 0 amide bonds. The molecule has 14 heavy (non-hydrogen) atoms. The topological polar surface area (TPSA) is 36.9 Å². The molecule has 0 aromatic heterocycles. The Bertz CT molecular complexity index is 76.6. The molecule has 0 N–H and O–H groups in total. The van der Waals surface area contributed by atoms with E-state index in [9.17, 15) is 0 Å². The molecule has 0 atom stereocenters. The Morgan fingerprint density at radius 1 is 0.786 bits per heavy atom. The minimum atomic E-state index is 0.778. The number of rotatable bonds is 5. The summed E-state index contributed by atoms with van der Waals surface area (Å²) in [5.74, 6) is 0. The van der Waals surface area contributed by atoms with Crippen LogP contribution in [0.2, 0.25) is 0 Å². The second kappa shape index (κ2) is 12.8. The van der Waals surface area contributed by atoms with Gasteiger partial charge in [0.25, 0.3) is 0 Å². The zero-order valence-electron chi connectivity index (χ0n) is 9.29. The van der Waals surface area contributed by atoms with Gasteiger partial charge in [0.05, 0.1) is 26.4 Å². The molecule has 1 aliphatic rings. The number of hydrogen-bond donors (Lipinski definition) is 0. The van der Waals surface area contributed by atoms with Gasteiger partial charge < -0.3 is 18.9 Å². The van der Waals surface area contributed by atoms with E-state index < -0.39 is 0 Å². The van der Waals surface area contributed by atoms with Crippen LogP contribution in [0.25, 0.3) is 0 Å². The van der Waals surface area contributed by atoms with Crippen molar-refractivity contribution in [2.45, 2.75) is 12.8 Å². The largest absolute Gasteiger partial charge is 0.385 e. The van der Waals surface area contributed by atoms with Crippen LogP contribution in [0.1, 0.15) is 12.8 Å². The predicted octanol–water partition coefficient (Wildman–Crippen LogP) is 1.09. The van der Waals surface area contributed by atoms with Crippen molar-refractivity contribution >= 4 is 0 Å². The Balaban J connectivity index is 0.000000249. The van der Waals surface area contributed by atoms with Crippen molar-refractivity contribution in [1.82, 2.24) is 0 Å². The minimum absolute atomic E-state index is 0.778. The summed E-state index contributed by atoms with van der Waals surface area (Å²) in [6.45, 7) is 4.81. The second-order valence-corrected chi connectivity index (χ2v) is 2.92. The van der Waals surface area contributed by atoms with Gasteiger partial charge in [-0.25, -0.2) is 0 Å².